The standard InChI is InChI=1S/C16H31NO.C14H27NO.C12H23NO/c1-4-5-6-7-8-9-10-11-12-13-14-15-16(18)17(2)3;1-4-5-6-7-8-9-10-11-12-13-14(16)15(2)3;1-4-5-6-7-8-9-10-11-12(14)13(2)3/h7-8H,4-6,9-15H2,1-3H3;5-6H,4,7-13H2,1-3H3;4H,1,5-11H2,2-3H3/b8-7+;6-5+;. The van der Waals surface area contributed by atoms with Gasteiger partial charge in [-0.2, -0.15) is 0 Å². The van der Waals surface area contributed by atoms with Gasteiger partial charge in [-0.1, -0.05) is 115 Å². The first-order valence-electron chi connectivity index (χ1n) is 19.6. The number of hydrogen-bond donors (Lipinski definition) is 0. The lowest BCUT2D eigenvalue weighted by Gasteiger charge is -2.09. The third-order valence-corrected chi connectivity index (χ3v) is 8.11. The zero-order chi connectivity index (χ0) is 36.7. The van der Waals surface area contributed by atoms with Gasteiger partial charge < -0.3 is 14.7 Å². The molecule has 282 valence electrons. The molecule has 0 N–H and O–H groups in total. The predicted octanol–water partition coefficient (Wildman–Crippen LogP) is 11.3. The van der Waals surface area contributed by atoms with Crippen LogP contribution in [0.15, 0.2) is 37.0 Å². The minimum atomic E-state index is 0.246. The monoisotopic (exact) mass is 676 g/mol. The molecular formula is C42H81N3O3. The van der Waals surface area contributed by atoms with E-state index in [1.165, 1.54) is 109 Å². The molecule has 0 atom stereocenters. The van der Waals surface area contributed by atoms with Crippen LogP contribution in [0.3, 0.4) is 0 Å². The zero-order valence-electron chi connectivity index (χ0n) is 33.3. The van der Waals surface area contributed by atoms with E-state index in [4.69, 9.17) is 0 Å². The SMILES string of the molecule is C=CCCCCCCCC(=O)N(C)C.CC/C=C/CCCCCCCC(=O)N(C)C.CCCC/C=C/CCCCCCCC(=O)N(C)C. The number of allylic oxidation sites excluding steroid dienone is 5. The normalized spacial score (nSPS) is 10.7. The first kappa shape index (κ1) is 50.0. The molecule has 0 aromatic heterocycles. The Morgan fingerprint density at radius 3 is 1.02 bits per heavy atom. The van der Waals surface area contributed by atoms with Crippen molar-refractivity contribution in [2.75, 3.05) is 42.3 Å². The molecular weight excluding hydrogens is 594 g/mol. The summed E-state index contributed by atoms with van der Waals surface area (Å²) < 4.78 is 0. The number of amides is 3. The van der Waals surface area contributed by atoms with Crippen LogP contribution in [0.4, 0.5) is 0 Å². The molecule has 6 nitrogen and oxygen atoms in total. The van der Waals surface area contributed by atoms with Gasteiger partial charge >= 0.3 is 0 Å². The Bertz CT molecular complexity index is 787. The third kappa shape index (κ3) is 43.6. The molecule has 6 heteroatoms. The van der Waals surface area contributed by atoms with E-state index in [2.05, 4.69) is 44.7 Å². The summed E-state index contributed by atoms with van der Waals surface area (Å²) in [6, 6.07) is 0. The smallest absolute Gasteiger partial charge is 0.222 e. The maximum atomic E-state index is 11.3. The Balaban J connectivity index is -0.000000638. The molecule has 0 aromatic carbocycles. The van der Waals surface area contributed by atoms with E-state index in [9.17, 15) is 14.4 Å². The number of carbonyl (C=O) groups is 3. The highest BCUT2D eigenvalue weighted by atomic mass is 16.2. The van der Waals surface area contributed by atoms with Crippen molar-refractivity contribution in [1.82, 2.24) is 14.7 Å². The second-order valence-electron chi connectivity index (χ2n) is 13.6. The van der Waals surface area contributed by atoms with Crippen LogP contribution in [-0.4, -0.2) is 74.7 Å². The fraction of sp³-hybridized carbons (Fsp3) is 0.786. The summed E-state index contributed by atoms with van der Waals surface area (Å²) in [4.78, 5) is 38.8. The highest BCUT2D eigenvalue weighted by Crippen LogP contribution is 2.10. The maximum absolute atomic E-state index is 11.3. The van der Waals surface area contributed by atoms with Gasteiger partial charge in [0.25, 0.3) is 0 Å². The fourth-order valence-electron chi connectivity index (χ4n) is 4.75. The van der Waals surface area contributed by atoms with Crippen LogP contribution < -0.4 is 0 Å². The summed E-state index contributed by atoms with van der Waals surface area (Å²) in [5.74, 6) is 0.760. The molecule has 0 aliphatic rings. The van der Waals surface area contributed by atoms with Crippen molar-refractivity contribution < 1.29 is 14.4 Å². The zero-order valence-corrected chi connectivity index (χ0v) is 33.3. The average molecular weight is 676 g/mol. The van der Waals surface area contributed by atoms with Crippen molar-refractivity contribution in [1.29, 1.82) is 0 Å². The molecule has 3 amide bonds. The summed E-state index contributed by atoms with van der Waals surface area (Å²) in [6.45, 7) is 8.08. The minimum Gasteiger partial charge on any atom is -0.349 e. The lowest BCUT2D eigenvalue weighted by Crippen LogP contribution is -2.20. The Kier molecular flexibility index (Phi) is 42.5. The van der Waals surface area contributed by atoms with E-state index in [-0.39, 0.29) is 17.7 Å². The highest BCUT2D eigenvalue weighted by molar-refractivity contribution is 5.76. The average Bonchev–Trinajstić information content (AvgIpc) is 3.06. The molecule has 0 radical (unpaired) electrons. The predicted molar refractivity (Wildman–Crippen MR) is 211 cm³/mol. The molecule has 48 heavy (non-hydrogen) atoms. The summed E-state index contributed by atoms with van der Waals surface area (Å²) in [5, 5.41) is 0. The molecule has 0 heterocycles. The van der Waals surface area contributed by atoms with E-state index < -0.39 is 0 Å². The van der Waals surface area contributed by atoms with Crippen LogP contribution >= 0.6 is 0 Å². The van der Waals surface area contributed by atoms with Gasteiger partial charge in [-0.05, 0) is 70.6 Å². The lowest BCUT2D eigenvalue weighted by atomic mass is 10.1. The minimum absolute atomic E-state index is 0.246. The van der Waals surface area contributed by atoms with Crippen molar-refractivity contribution in [2.45, 2.75) is 174 Å². The highest BCUT2D eigenvalue weighted by Gasteiger charge is 2.04. The Hall–Kier alpha value is -2.37. The number of nitrogens with zero attached hydrogens (tertiary/aromatic N) is 3. The van der Waals surface area contributed by atoms with Crippen LogP contribution in [0, 0.1) is 0 Å². The van der Waals surface area contributed by atoms with Gasteiger partial charge in [0.1, 0.15) is 0 Å². The molecule has 0 bridgehead atoms. The van der Waals surface area contributed by atoms with Gasteiger partial charge in [0.15, 0.2) is 0 Å². The Morgan fingerprint density at radius 2 is 0.708 bits per heavy atom. The molecule has 0 aliphatic carbocycles. The topological polar surface area (TPSA) is 60.9 Å². The van der Waals surface area contributed by atoms with E-state index in [1.54, 1.807) is 14.7 Å². The molecule has 0 aliphatic heterocycles. The Morgan fingerprint density at radius 1 is 0.417 bits per heavy atom. The van der Waals surface area contributed by atoms with E-state index in [0.29, 0.717) is 19.3 Å². The number of hydrogen-bond acceptors (Lipinski definition) is 3. The molecule has 0 fully saturated rings. The molecule has 0 spiro atoms. The summed E-state index contributed by atoms with van der Waals surface area (Å²) in [6.07, 6.45) is 39.9. The summed E-state index contributed by atoms with van der Waals surface area (Å²) in [7, 11) is 10.9. The van der Waals surface area contributed by atoms with Crippen LogP contribution in [0.25, 0.3) is 0 Å². The second kappa shape index (κ2) is 40.8. The van der Waals surface area contributed by atoms with Gasteiger partial charge in [-0.3, -0.25) is 14.4 Å². The second-order valence-corrected chi connectivity index (χ2v) is 13.6. The molecule has 0 saturated heterocycles. The number of rotatable bonds is 28. The summed E-state index contributed by atoms with van der Waals surface area (Å²) >= 11 is 0. The van der Waals surface area contributed by atoms with Gasteiger partial charge in [0, 0.05) is 61.5 Å². The quantitative estimate of drug-likeness (QED) is 0.0612. The maximum Gasteiger partial charge on any atom is 0.222 e. The summed E-state index contributed by atoms with van der Waals surface area (Å²) in [5.41, 5.74) is 0. The number of carbonyl (C=O) groups excluding carboxylic acids is 3. The van der Waals surface area contributed by atoms with Gasteiger partial charge in [-0.15, -0.1) is 6.58 Å². The molecule has 0 aromatic rings. The lowest BCUT2D eigenvalue weighted by molar-refractivity contribution is -0.129. The first-order valence-corrected chi connectivity index (χ1v) is 19.6. The van der Waals surface area contributed by atoms with E-state index in [0.717, 1.165) is 32.1 Å². The molecule has 0 unspecified atom stereocenters. The van der Waals surface area contributed by atoms with Crippen LogP contribution in [0.5, 0.6) is 0 Å². The van der Waals surface area contributed by atoms with Crippen molar-refractivity contribution in [3.63, 3.8) is 0 Å². The number of unbranched alkanes of at least 4 members (excludes halogenated alkanes) is 17. The Labute approximate surface area is 299 Å². The largest absolute Gasteiger partial charge is 0.349 e. The van der Waals surface area contributed by atoms with Crippen LogP contribution in [0.2, 0.25) is 0 Å². The van der Waals surface area contributed by atoms with Gasteiger partial charge in [0.05, 0.1) is 0 Å². The van der Waals surface area contributed by atoms with Crippen LogP contribution in [-0.2, 0) is 14.4 Å². The van der Waals surface area contributed by atoms with Crippen LogP contribution in [0.1, 0.15) is 174 Å². The molecule has 0 rings (SSSR count). The van der Waals surface area contributed by atoms with E-state index in [1.807, 2.05) is 48.4 Å². The van der Waals surface area contributed by atoms with Crippen molar-refractivity contribution in [3.05, 3.63) is 37.0 Å². The van der Waals surface area contributed by atoms with Gasteiger partial charge in [-0.25, -0.2) is 0 Å². The first-order chi connectivity index (χ1) is 23.0. The van der Waals surface area contributed by atoms with Crippen molar-refractivity contribution >= 4 is 17.7 Å². The van der Waals surface area contributed by atoms with Crippen molar-refractivity contribution in [3.8, 4) is 0 Å². The van der Waals surface area contributed by atoms with Gasteiger partial charge in [0.2, 0.25) is 17.7 Å². The fourth-order valence-corrected chi connectivity index (χ4v) is 4.75. The molecule has 0 saturated carbocycles. The van der Waals surface area contributed by atoms with E-state index >= 15 is 0 Å². The van der Waals surface area contributed by atoms with Crippen molar-refractivity contribution in [2.24, 2.45) is 0 Å². The third-order valence-electron chi connectivity index (χ3n) is 8.11.